The van der Waals surface area contributed by atoms with Crippen molar-refractivity contribution in [2.45, 2.75) is 45.2 Å². The number of methoxy groups -OCH3 is 1. The van der Waals surface area contributed by atoms with E-state index in [0.717, 1.165) is 64.4 Å². The second-order valence-electron chi connectivity index (χ2n) is 12.4. The van der Waals surface area contributed by atoms with Crippen LogP contribution in [0.2, 0.25) is 0 Å². The molecule has 2 unspecified atom stereocenters. The number of aryl methyl sites for hydroxylation is 1. The number of hydrogen-bond donors (Lipinski definition) is 1. The van der Waals surface area contributed by atoms with Gasteiger partial charge in [-0.05, 0) is 79.8 Å². The highest BCUT2D eigenvalue weighted by Gasteiger charge is 2.46. The number of rotatable bonds is 6. The molecule has 42 heavy (non-hydrogen) atoms. The molecule has 214 valence electrons. The van der Waals surface area contributed by atoms with Gasteiger partial charge in [-0.25, -0.2) is 9.97 Å². The first-order chi connectivity index (χ1) is 20.4. The summed E-state index contributed by atoms with van der Waals surface area (Å²) in [6, 6.07) is 13.7. The molecule has 3 atom stereocenters. The molecule has 1 saturated heterocycles. The van der Waals surface area contributed by atoms with Gasteiger partial charge in [0.1, 0.15) is 16.9 Å². The summed E-state index contributed by atoms with van der Waals surface area (Å²) >= 11 is 0. The number of carbonyl (C=O) groups is 1. The van der Waals surface area contributed by atoms with Crippen LogP contribution in [-0.4, -0.2) is 54.6 Å². The van der Waals surface area contributed by atoms with E-state index in [0.29, 0.717) is 35.1 Å². The maximum atomic E-state index is 13.7. The normalized spacial score (nSPS) is 21.6. The maximum Gasteiger partial charge on any atom is 0.254 e. The lowest BCUT2D eigenvalue weighted by Gasteiger charge is -2.27. The van der Waals surface area contributed by atoms with E-state index in [-0.39, 0.29) is 11.5 Å². The third-order valence-corrected chi connectivity index (χ3v) is 9.87. The van der Waals surface area contributed by atoms with Crippen LogP contribution in [0.4, 0.5) is 0 Å². The molecular weight excluding hydrogens is 528 g/mol. The Morgan fingerprint density at radius 1 is 1.07 bits per heavy atom. The minimum atomic E-state index is -0.136. The van der Waals surface area contributed by atoms with Gasteiger partial charge in [-0.1, -0.05) is 6.92 Å². The predicted octanol–water partition coefficient (Wildman–Crippen LogP) is 5.23. The zero-order valence-corrected chi connectivity index (χ0v) is 24.1. The average Bonchev–Trinajstić information content (AvgIpc) is 3.41. The number of aromatic nitrogens is 5. The molecule has 1 N–H and O–H groups in total. The number of amides is 1. The van der Waals surface area contributed by atoms with E-state index in [1.807, 2.05) is 25.2 Å². The number of ether oxygens (including phenoxy) is 1. The van der Waals surface area contributed by atoms with Gasteiger partial charge in [0, 0.05) is 55.0 Å². The van der Waals surface area contributed by atoms with E-state index in [4.69, 9.17) is 14.7 Å². The van der Waals surface area contributed by atoms with Gasteiger partial charge in [-0.15, -0.1) is 0 Å². The summed E-state index contributed by atoms with van der Waals surface area (Å²) in [5.74, 6) is 3.32. The van der Waals surface area contributed by atoms with Crippen LogP contribution in [-0.2, 0) is 13.6 Å². The zero-order chi connectivity index (χ0) is 28.7. The van der Waals surface area contributed by atoms with E-state index in [1.165, 1.54) is 25.3 Å². The van der Waals surface area contributed by atoms with Gasteiger partial charge in [-0.3, -0.25) is 9.59 Å². The maximum absolute atomic E-state index is 13.7. The van der Waals surface area contributed by atoms with Crippen LogP contribution in [0, 0.1) is 17.8 Å². The Labute approximate surface area is 243 Å². The van der Waals surface area contributed by atoms with Crippen molar-refractivity contribution in [3.05, 3.63) is 64.6 Å². The van der Waals surface area contributed by atoms with Crippen molar-refractivity contribution in [2.75, 3.05) is 13.7 Å². The fourth-order valence-electron chi connectivity index (χ4n) is 7.31. The van der Waals surface area contributed by atoms with Crippen LogP contribution in [0.1, 0.15) is 43.0 Å². The van der Waals surface area contributed by atoms with E-state index in [1.54, 1.807) is 19.4 Å². The summed E-state index contributed by atoms with van der Waals surface area (Å²) in [6.07, 6.45) is 6.43. The standard InChI is InChI=1S/C33H34N6O3/c1-18-22-7-10-26(18)39(17-22)33(41)23-12-25-30(28(14-23)42-3)37(2)32(36-25)27-13-20-6-9-24(21-8-11-29(40)34-15-21)35-31(20)38(27)16-19-4-5-19/h6,8-9,11-15,18-19,22,26H,4-5,7,10,16-17H2,1-3H3,(H,34,40)/t18-,22?,26?/m1/s1. The average molecular weight is 563 g/mol. The quantitative estimate of drug-likeness (QED) is 0.306. The Hall–Kier alpha value is -4.40. The molecule has 5 heterocycles. The van der Waals surface area contributed by atoms with Crippen molar-refractivity contribution in [3.63, 3.8) is 0 Å². The number of H-pyrrole nitrogens is 1. The highest BCUT2D eigenvalue weighted by atomic mass is 16.5. The number of benzene rings is 1. The minimum absolute atomic E-state index is 0.0725. The van der Waals surface area contributed by atoms with Gasteiger partial charge in [0.25, 0.3) is 5.91 Å². The Bertz CT molecular complexity index is 1930. The Kier molecular flexibility index (Phi) is 5.61. The molecule has 9 heteroatoms. The first-order valence-electron chi connectivity index (χ1n) is 14.9. The molecule has 5 aromatic rings. The summed E-state index contributed by atoms with van der Waals surface area (Å²) in [5, 5.41) is 1.03. The number of nitrogens with zero attached hydrogens (tertiary/aromatic N) is 5. The van der Waals surface area contributed by atoms with Gasteiger partial charge < -0.3 is 23.8 Å². The SMILES string of the molecule is COc1cc(C(=O)N2CC3CCC2[C@@H]3C)cc2nc(-c3cc4ccc(-c5ccc(=O)[nH]c5)nc4n3CC3CC3)n(C)c12. The van der Waals surface area contributed by atoms with E-state index in [2.05, 4.69) is 38.1 Å². The molecule has 2 saturated carbocycles. The molecule has 3 fully saturated rings. The van der Waals surface area contributed by atoms with Gasteiger partial charge >= 0.3 is 0 Å². The highest BCUT2D eigenvalue weighted by molar-refractivity contribution is 6.00. The number of hydrogen-bond acceptors (Lipinski definition) is 5. The third-order valence-electron chi connectivity index (χ3n) is 9.87. The molecule has 3 aliphatic rings. The van der Waals surface area contributed by atoms with Crippen molar-refractivity contribution in [1.82, 2.24) is 29.0 Å². The number of aromatic amines is 1. The second-order valence-corrected chi connectivity index (χ2v) is 12.4. The molecule has 0 radical (unpaired) electrons. The smallest absolute Gasteiger partial charge is 0.254 e. The molecule has 1 aromatic carbocycles. The van der Waals surface area contributed by atoms with E-state index < -0.39 is 0 Å². The van der Waals surface area contributed by atoms with Crippen LogP contribution >= 0.6 is 0 Å². The zero-order valence-electron chi connectivity index (χ0n) is 24.1. The lowest BCUT2D eigenvalue weighted by Crippen LogP contribution is -2.38. The van der Waals surface area contributed by atoms with Crippen molar-refractivity contribution >= 4 is 28.0 Å². The van der Waals surface area contributed by atoms with Crippen molar-refractivity contribution < 1.29 is 9.53 Å². The molecule has 2 bridgehead atoms. The molecular formula is C33H34N6O3. The molecule has 2 aliphatic carbocycles. The number of fused-ring (bicyclic) bond motifs is 4. The minimum Gasteiger partial charge on any atom is -0.494 e. The second kappa shape index (κ2) is 9.31. The van der Waals surface area contributed by atoms with Crippen LogP contribution in [0.5, 0.6) is 5.75 Å². The number of pyridine rings is 2. The lowest BCUT2D eigenvalue weighted by atomic mass is 10.0. The molecule has 8 rings (SSSR count). The fourth-order valence-corrected chi connectivity index (χ4v) is 7.31. The monoisotopic (exact) mass is 562 g/mol. The van der Waals surface area contributed by atoms with E-state index >= 15 is 0 Å². The highest BCUT2D eigenvalue weighted by Crippen LogP contribution is 2.44. The predicted molar refractivity (Wildman–Crippen MR) is 161 cm³/mol. The fraction of sp³-hybridized carbons (Fsp3) is 0.394. The van der Waals surface area contributed by atoms with Crippen LogP contribution in [0.3, 0.4) is 0 Å². The lowest BCUT2D eigenvalue weighted by molar-refractivity contribution is 0.0696. The summed E-state index contributed by atoms with van der Waals surface area (Å²) < 4.78 is 10.2. The molecule has 9 nitrogen and oxygen atoms in total. The number of piperidine rings is 1. The largest absolute Gasteiger partial charge is 0.494 e. The van der Waals surface area contributed by atoms with Gasteiger partial charge in [0.2, 0.25) is 5.56 Å². The Morgan fingerprint density at radius 2 is 1.93 bits per heavy atom. The third kappa shape index (κ3) is 3.90. The van der Waals surface area contributed by atoms with Crippen molar-refractivity contribution in [2.24, 2.45) is 24.8 Å². The Balaban J connectivity index is 1.24. The van der Waals surface area contributed by atoms with Gasteiger partial charge in [0.05, 0.1) is 24.0 Å². The first kappa shape index (κ1) is 25.3. The molecule has 1 amide bonds. The number of carbonyl (C=O) groups excluding carboxylic acids is 1. The Morgan fingerprint density at radius 3 is 2.62 bits per heavy atom. The van der Waals surface area contributed by atoms with Crippen molar-refractivity contribution in [1.29, 1.82) is 0 Å². The summed E-state index contributed by atoms with van der Waals surface area (Å²) in [4.78, 5) is 40.3. The molecule has 4 aromatic heterocycles. The first-order valence-corrected chi connectivity index (χ1v) is 14.9. The van der Waals surface area contributed by atoms with Gasteiger partial charge in [-0.2, -0.15) is 0 Å². The van der Waals surface area contributed by atoms with Crippen LogP contribution in [0.25, 0.3) is 44.8 Å². The summed E-state index contributed by atoms with van der Waals surface area (Å²) in [5.41, 5.74) is 5.67. The van der Waals surface area contributed by atoms with Crippen LogP contribution in [0.15, 0.2) is 53.5 Å². The van der Waals surface area contributed by atoms with Gasteiger partial charge in [0.15, 0.2) is 5.82 Å². The van der Waals surface area contributed by atoms with Crippen LogP contribution < -0.4 is 10.3 Å². The summed E-state index contributed by atoms with van der Waals surface area (Å²) in [7, 11) is 3.66. The number of likely N-dealkylation sites (tertiary alicyclic amines) is 1. The molecule has 1 aliphatic heterocycles. The topological polar surface area (TPSA) is 98.0 Å². The number of imidazole rings is 1. The molecule has 0 spiro atoms. The summed E-state index contributed by atoms with van der Waals surface area (Å²) in [6.45, 7) is 3.98. The van der Waals surface area contributed by atoms with E-state index in [9.17, 15) is 9.59 Å². The van der Waals surface area contributed by atoms with Crippen molar-refractivity contribution in [3.8, 4) is 28.5 Å². The number of nitrogens with one attached hydrogen (secondary N) is 1.